The Kier molecular flexibility index (Phi) is 3.11. The summed E-state index contributed by atoms with van der Waals surface area (Å²) in [5.74, 6) is 2.35. The van der Waals surface area contributed by atoms with Crippen LogP contribution in [0.1, 0.15) is 24.3 Å². The van der Waals surface area contributed by atoms with Crippen LogP contribution in [0.4, 0.5) is 0 Å². The van der Waals surface area contributed by atoms with Crippen LogP contribution in [0.25, 0.3) is 0 Å². The maximum atomic E-state index is 5.63. The van der Waals surface area contributed by atoms with E-state index in [9.17, 15) is 0 Å². The average Bonchev–Trinajstić information content (AvgIpc) is 2.69. The van der Waals surface area contributed by atoms with E-state index < -0.39 is 0 Å². The fourth-order valence-corrected chi connectivity index (χ4v) is 2.10. The van der Waals surface area contributed by atoms with Crippen molar-refractivity contribution in [1.29, 1.82) is 0 Å². The largest absolute Gasteiger partial charge is 0.496 e. The molecule has 0 bridgehead atoms. The van der Waals surface area contributed by atoms with E-state index in [0.29, 0.717) is 5.92 Å². The second-order valence-corrected chi connectivity index (χ2v) is 3.81. The SMILES string of the molecule is COc1cccc2c1C(CCCN)CO2. The molecule has 2 rings (SSSR count). The quantitative estimate of drug-likeness (QED) is 0.820. The Morgan fingerprint density at radius 2 is 2.40 bits per heavy atom. The van der Waals surface area contributed by atoms with Gasteiger partial charge in [0.1, 0.15) is 11.5 Å². The molecule has 0 saturated carbocycles. The van der Waals surface area contributed by atoms with Gasteiger partial charge in [0.15, 0.2) is 0 Å². The fraction of sp³-hybridized carbons (Fsp3) is 0.500. The van der Waals surface area contributed by atoms with Gasteiger partial charge in [-0.25, -0.2) is 0 Å². The lowest BCUT2D eigenvalue weighted by Gasteiger charge is -2.11. The highest BCUT2D eigenvalue weighted by atomic mass is 16.5. The first-order valence-corrected chi connectivity index (χ1v) is 5.36. The molecule has 3 heteroatoms. The molecule has 0 aromatic heterocycles. The first-order valence-electron chi connectivity index (χ1n) is 5.36. The molecule has 0 amide bonds. The number of ether oxygens (including phenoxy) is 2. The summed E-state index contributed by atoms with van der Waals surface area (Å²) in [5.41, 5.74) is 6.74. The predicted octanol–water partition coefficient (Wildman–Crippen LogP) is 1.91. The molecule has 1 heterocycles. The van der Waals surface area contributed by atoms with Gasteiger partial charge in [0.2, 0.25) is 0 Å². The Morgan fingerprint density at radius 3 is 3.13 bits per heavy atom. The minimum absolute atomic E-state index is 0.444. The van der Waals surface area contributed by atoms with Gasteiger partial charge in [-0.05, 0) is 31.5 Å². The lowest BCUT2D eigenvalue weighted by Crippen LogP contribution is -2.06. The summed E-state index contributed by atoms with van der Waals surface area (Å²) >= 11 is 0. The average molecular weight is 207 g/mol. The zero-order valence-corrected chi connectivity index (χ0v) is 9.03. The number of benzene rings is 1. The second kappa shape index (κ2) is 4.53. The molecule has 1 atom stereocenters. The monoisotopic (exact) mass is 207 g/mol. The van der Waals surface area contributed by atoms with E-state index in [-0.39, 0.29) is 0 Å². The Labute approximate surface area is 90.2 Å². The van der Waals surface area contributed by atoms with Crippen molar-refractivity contribution in [3.63, 3.8) is 0 Å². The lowest BCUT2D eigenvalue weighted by molar-refractivity contribution is 0.323. The van der Waals surface area contributed by atoms with Crippen molar-refractivity contribution in [2.24, 2.45) is 5.73 Å². The normalized spacial score (nSPS) is 18.4. The van der Waals surface area contributed by atoms with Crippen LogP contribution < -0.4 is 15.2 Å². The number of hydrogen-bond acceptors (Lipinski definition) is 3. The third-order valence-electron chi connectivity index (χ3n) is 2.85. The van der Waals surface area contributed by atoms with Gasteiger partial charge in [-0.15, -0.1) is 0 Å². The number of rotatable bonds is 4. The highest BCUT2D eigenvalue weighted by molar-refractivity contribution is 5.49. The van der Waals surface area contributed by atoms with E-state index in [1.54, 1.807) is 7.11 Å². The zero-order chi connectivity index (χ0) is 10.7. The molecule has 82 valence electrons. The summed E-state index contributed by atoms with van der Waals surface area (Å²) in [7, 11) is 1.70. The van der Waals surface area contributed by atoms with E-state index in [1.165, 1.54) is 5.56 Å². The molecule has 15 heavy (non-hydrogen) atoms. The Morgan fingerprint density at radius 1 is 1.53 bits per heavy atom. The molecule has 1 aliphatic heterocycles. The van der Waals surface area contributed by atoms with Gasteiger partial charge in [0.25, 0.3) is 0 Å². The molecule has 2 N–H and O–H groups in total. The minimum Gasteiger partial charge on any atom is -0.496 e. The second-order valence-electron chi connectivity index (χ2n) is 3.81. The van der Waals surface area contributed by atoms with Crippen LogP contribution in [0.2, 0.25) is 0 Å². The van der Waals surface area contributed by atoms with E-state index in [4.69, 9.17) is 15.2 Å². The molecule has 0 saturated heterocycles. The summed E-state index contributed by atoms with van der Waals surface area (Å²) in [6, 6.07) is 5.95. The molecule has 0 fully saturated rings. The Balaban J connectivity index is 2.23. The van der Waals surface area contributed by atoms with Crippen LogP contribution in [-0.4, -0.2) is 20.3 Å². The molecule has 1 aliphatic rings. The van der Waals surface area contributed by atoms with E-state index in [1.807, 2.05) is 18.2 Å². The van der Waals surface area contributed by atoms with Crippen LogP contribution in [0.5, 0.6) is 11.5 Å². The Bertz CT molecular complexity index is 338. The van der Waals surface area contributed by atoms with Gasteiger partial charge in [-0.3, -0.25) is 0 Å². The van der Waals surface area contributed by atoms with Crippen LogP contribution in [0, 0.1) is 0 Å². The van der Waals surface area contributed by atoms with Gasteiger partial charge in [0.05, 0.1) is 13.7 Å². The first kappa shape index (κ1) is 10.3. The number of fused-ring (bicyclic) bond motifs is 1. The smallest absolute Gasteiger partial charge is 0.126 e. The number of methoxy groups -OCH3 is 1. The van der Waals surface area contributed by atoms with Crippen molar-refractivity contribution in [3.05, 3.63) is 23.8 Å². The molecular weight excluding hydrogens is 190 g/mol. The molecule has 1 unspecified atom stereocenters. The zero-order valence-electron chi connectivity index (χ0n) is 9.03. The van der Waals surface area contributed by atoms with Crippen LogP contribution in [-0.2, 0) is 0 Å². The van der Waals surface area contributed by atoms with Crippen LogP contribution in [0.3, 0.4) is 0 Å². The van der Waals surface area contributed by atoms with Gasteiger partial charge in [-0.1, -0.05) is 6.07 Å². The highest BCUT2D eigenvalue weighted by Gasteiger charge is 2.26. The lowest BCUT2D eigenvalue weighted by atomic mass is 9.95. The Hall–Kier alpha value is -1.22. The van der Waals surface area contributed by atoms with Crippen LogP contribution >= 0.6 is 0 Å². The first-order chi connectivity index (χ1) is 7.36. The predicted molar refractivity (Wildman–Crippen MR) is 59.5 cm³/mol. The van der Waals surface area contributed by atoms with E-state index in [2.05, 4.69) is 0 Å². The number of hydrogen-bond donors (Lipinski definition) is 1. The van der Waals surface area contributed by atoms with Crippen molar-refractivity contribution < 1.29 is 9.47 Å². The van der Waals surface area contributed by atoms with Crippen LogP contribution in [0.15, 0.2) is 18.2 Å². The minimum atomic E-state index is 0.444. The van der Waals surface area contributed by atoms with Crippen molar-refractivity contribution in [2.75, 3.05) is 20.3 Å². The summed E-state index contributed by atoms with van der Waals surface area (Å²) in [4.78, 5) is 0. The van der Waals surface area contributed by atoms with Crippen molar-refractivity contribution in [2.45, 2.75) is 18.8 Å². The van der Waals surface area contributed by atoms with Crippen molar-refractivity contribution in [3.8, 4) is 11.5 Å². The molecule has 1 aromatic carbocycles. The van der Waals surface area contributed by atoms with Crippen molar-refractivity contribution >= 4 is 0 Å². The van der Waals surface area contributed by atoms with Gasteiger partial charge in [0, 0.05) is 11.5 Å². The van der Waals surface area contributed by atoms with Crippen molar-refractivity contribution in [1.82, 2.24) is 0 Å². The fourth-order valence-electron chi connectivity index (χ4n) is 2.10. The third-order valence-corrected chi connectivity index (χ3v) is 2.85. The number of nitrogens with two attached hydrogens (primary N) is 1. The van der Waals surface area contributed by atoms with Gasteiger partial charge >= 0.3 is 0 Å². The molecule has 0 radical (unpaired) electrons. The van der Waals surface area contributed by atoms with E-state index >= 15 is 0 Å². The third kappa shape index (κ3) is 1.92. The standard InChI is InChI=1S/C12H17NO2/c1-14-10-5-2-6-11-12(10)9(8-15-11)4-3-7-13/h2,5-6,9H,3-4,7-8,13H2,1H3. The summed E-state index contributed by atoms with van der Waals surface area (Å²) < 4.78 is 11.0. The highest BCUT2D eigenvalue weighted by Crippen LogP contribution is 2.42. The molecule has 0 spiro atoms. The summed E-state index contributed by atoms with van der Waals surface area (Å²) in [6.07, 6.45) is 2.11. The molecular formula is C12H17NO2. The van der Waals surface area contributed by atoms with Gasteiger partial charge in [-0.2, -0.15) is 0 Å². The van der Waals surface area contributed by atoms with Gasteiger partial charge < -0.3 is 15.2 Å². The summed E-state index contributed by atoms with van der Waals surface area (Å²) in [6.45, 7) is 1.50. The molecule has 0 aliphatic carbocycles. The molecule has 3 nitrogen and oxygen atoms in total. The maximum absolute atomic E-state index is 5.63. The summed E-state index contributed by atoms with van der Waals surface area (Å²) in [5, 5.41) is 0. The van der Waals surface area contributed by atoms with E-state index in [0.717, 1.165) is 37.5 Å². The topological polar surface area (TPSA) is 44.5 Å². The maximum Gasteiger partial charge on any atom is 0.126 e. The molecule has 1 aromatic rings.